The van der Waals surface area contributed by atoms with Crippen molar-refractivity contribution in [3.63, 3.8) is 0 Å². The molecule has 4 aromatic heterocycles. The molecule has 0 aliphatic carbocycles. The summed E-state index contributed by atoms with van der Waals surface area (Å²) in [4.78, 5) is 25.7. The van der Waals surface area contributed by atoms with Crippen LogP contribution in [0.3, 0.4) is 0 Å². The second-order valence-corrected chi connectivity index (χ2v) is 8.48. The zero-order chi connectivity index (χ0) is 21.9. The minimum atomic E-state index is -0.143. The van der Waals surface area contributed by atoms with Crippen molar-refractivity contribution in [3.05, 3.63) is 59.2 Å². The van der Waals surface area contributed by atoms with Gasteiger partial charge in [0.05, 0.1) is 40.9 Å². The fraction of sp³-hybridized carbons (Fsp3) is 0.304. The van der Waals surface area contributed by atoms with Gasteiger partial charge < -0.3 is 15.0 Å². The van der Waals surface area contributed by atoms with Gasteiger partial charge in [-0.05, 0) is 42.1 Å². The van der Waals surface area contributed by atoms with Crippen LogP contribution in [0.5, 0.6) is 0 Å². The van der Waals surface area contributed by atoms with Gasteiger partial charge in [-0.1, -0.05) is 6.07 Å². The highest BCUT2D eigenvalue weighted by molar-refractivity contribution is 7.13. The van der Waals surface area contributed by atoms with E-state index < -0.39 is 0 Å². The number of carbonyl (C=O) groups excluding carboxylic acids is 1. The largest absolute Gasteiger partial charge is 0.378 e. The Morgan fingerprint density at radius 2 is 2.12 bits per heavy atom. The number of nitrogens with one attached hydrogen (secondary N) is 1. The van der Waals surface area contributed by atoms with Crippen molar-refractivity contribution in [2.45, 2.75) is 20.0 Å². The summed E-state index contributed by atoms with van der Waals surface area (Å²) >= 11 is 1.60. The van der Waals surface area contributed by atoms with Crippen LogP contribution in [0, 0.1) is 0 Å². The lowest BCUT2D eigenvalue weighted by atomic mass is 10.1. The summed E-state index contributed by atoms with van der Waals surface area (Å²) in [5.74, 6) is 0.770. The van der Waals surface area contributed by atoms with E-state index in [9.17, 15) is 4.79 Å². The molecule has 1 aliphatic rings. The fourth-order valence-electron chi connectivity index (χ4n) is 3.83. The highest BCUT2D eigenvalue weighted by atomic mass is 32.1. The van der Waals surface area contributed by atoms with Gasteiger partial charge in [-0.3, -0.25) is 4.79 Å². The lowest BCUT2D eigenvalue weighted by Crippen LogP contribution is -2.36. The number of ether oxygens (including phenoxy) is 1. The quantitative estimate of drug-likeness (QED) is 0.487. The smallest absolute Gasteiger partial charge is 0.252 e. The molecule has 0 bridgehead atoms. The van der Waals surface area contributed by atoms with Gasteiger partial charge in [0.1, 0.15) is 5.82 Å². The highest BCUT2D eigenvalue weighted by Gasteiger charge is 2.18. The van der Waals surface area contributed by atoms with E-state index in [1.165, 1.54) is 0 Å². The van der Waals surface area contributed by atoms with Gasteiger partial charge in [0, 0.05) is 32.4 Å². The van der Waals surface area contributed by atoms with Gasteiger partial charge >= 0.3 is 0 Å². The molecule has 5 heterocycles. The van der Waals surface area contributed by atoms with Crippen LogP contribution in [-0.4, -0.2) is 52.0 Å². The van der Waals surface area contributed by atoms with Crippen LogP contribution < -0.4 is 10.2 Å². The van der Waals surface area contributed by atoms with E-state index in [0.717, 1.165) is 46.1 Å². The van der Waals surface area contributed by atoms with Crippen LogP contribution >= 0.6 is 11.3 Å². The molecule has 5 rings (SSSR count). The molecular formula is C23H24N6O2S. The summed E-state index contributed by atoms with van der Waals surface area (Å²) in [6.45, 7) is 6.18. The summed E-state index contributed by atoms with van der Waals surface area (Å²) in [7, 11) is 0. The average molecular weight is 449 g/mol. The van der Waals surface area contributed by atoms with E-state index in [0.29, 0.717) is 31.9 Å². The Bertz CT molecular complexity index is 1230. The van der Waals surface area contributed by atoms with Crippen molar-refractivity contribution in [2.75, 3.05) is 31.2 Å². The molecule has 0 radical (unpaired) electrons. The molecular weight excluding hydrogens is 424 g/mol. The summed E-state index contributed by atoms with van der Waals surface area (Å²) in [5.41, 5.74) is 3.09. The number of hydrogen-bond acceptors (Lipinski definition) is 7. The highest BCUT2D eigenvalue weighted by Crippen LogP contribution is 2.28. The SMILES string of the molecule is CCn1ncc2c(C(=O)NCc3ccnc(N4CCOCC4)c3)cc(-c3cccs3)nc21. The van der Waals surface area contributed by atoms with Crippen molar-refractivity contribution >= 4 is 34.1 Å². The molecule has 9 heteroatoms. The van der Waals surface area contributed by atoms with Gasteiger partial charge in [0.25, 0.3) is 5.91 Å². The van der Waals surface area contributed by atoms with E-state index in [1.54, 1.807) is 23.7 Å². The lowest BCUT2D eigenvalue weighted by Gasteiger charge is -2.28. The van der Waals surface area contributed by atoms with Crippen molar-refractivity contribution in [1.29, 1.82) is 0 Å². The molecule has 1 amide bonds. The molecule has 1 aliphatic heterocycles. The molecule has 0 saturated carbocycles. The third kappa shape index (κ3) is 4.09. The third-order valence-corrected chi connectivity index (χ3v) is 6.42. The van der Waals surface area contributed by atoms with E-state index in [2.05, 4.69) is 20.3 Å². The Morgan fingerprint density at radius 3 is 2.91 bits per heavy atom. The second-order valence-electron chi connectivity index (χ2n) is 7.53. The predicted molar refractivity (Wildman–Crippen MR) is 125 cm³/mol. The number of morpholine rings is 1. The van der Waals surface area contributed by atoms with Crippen LogP contribution in [0.2, 0.25) is 0 Å². The minimum absolute atomic E-state index is 0.143. The number of rotatable bonds is 6. The van der Waals surface area contributed by atoms with E-state index in [4.69, 9.17) is 9.72 Å². The van der Waals surface area contributed by atoms with Gasteiger partial charge in [-0.15, -0.1) is 11.3 Å². The molecule has 164 valence electrons. The number of nitrogens with zero attached hydrogens (tertiary/aromatic N) is 5. The normalized spacial score (nSPS) is 14.1. The van der Waals surface area contributed by atoms with Gasteiger partial charge in [0.2, 0.25) is 0 Å². The topological polar surface area (TPSA) is 85.2 Å². The number of fused-ring (bicyclic) bond motifs is 1. The summed E-state index contributed by atoms with van der Waals surface area (Å²) in [6, 6.07) is 9.81. The second kappa shape index (κ2) is 9.05. The number of hydrogen-bond donors (Lipinski definition) is 1. The average Bonchev–Trinajstić information content (AvgIpc) is 3.53. The Balaban J connectivity index is 1.40. The molecule has 4 aromatic rings. The maximum absolute atomic E-state index is 13.2. The first-order chi connectivity index (χ1) is 15.7. The zero-order valence-corrected chi connectivity index (χ0v) is 18.6. The van der Waals surface area contributed by atoms with Gasteiger partial charge in [-0.2, -0.15) is 5.10 Å². The molecule has 0 atom stereocenters. The monoisotopic (exact) mass is 448 g/mol. The van der Waals surface area contributed by atoms with Crippen molar-refractivity contribution in [2.24, 2.45) is 0 Å². The van der Waals surface area contributed by atoms with Crippen LogP contribution in [0.4, 0.5) is 5.82 Å². The number of thiophene rings is 1. The third-order valence-electron chi connectivity index (χ3n) is 5.53. The summed E-state index contributed by atoms with van der Waals surface area (Å²) < 4.78 is 7.24. The van der Waals surface area contributed by atoms with E-state index in [-0.39, 0.29) is 5.91 Å². The number of aryl methyl sites for hydroxylation is 1. The number of pyridine rings is 2. The fourth-order valence-corrected chi connectivity index (χ4v) is 4.52. The molecule has 32 heavy (non-hydrogen) atoms. The van der Waals surface area contributed by atoms with Crippen LogP contribution in [0.25, 0.3) is 21.6 Å². The number of carbonyl (C=O) groups is 1. The Hall–Kier alpha value is -3.30. The Labute approximate surface area is 189 Å². The maximum atomic E-state index is 13.2. The van der Waals surface area contributed by atoms with E-state index >= 15 is 0 Å². The number of anilines is 1. The predicted octanol–water partition coefficient (Wildman–Crippen LogP) is 3.34. The minimum Gasteiger partial charge on any atom is -0.378 e. The van der Waals surface area contributed by atoms with Gasteiger partial charge in [-0.25, -0.2) is 14.6 Å². The first-order valence-corrected chi connectivity index (χ1v) is 11.6. The number of amides is 1. The lowest BCUT2D eigenvalue weighted by molar-refractivity contribution is 0.0952. The first kappa shape index (κ1) is 20.6. The molecule has 8 nitrogen and oxygen atoms in total. The first-order valence-electron chi connectivity index (χ1n) is 10.7. The Morgan fingerprint density at radius 1 is 1.25 bits per heavy atom. The van der Waals surface area contributed by atoms with Crippen LogP contribution in [-0.2, 0) is 17.8 Å². The Kier molecular flexibility index (Phi) is 5.83. The number of aromatic nitrogens is 4. The molecule has 0 unspecified atom stereocenters. The van der Waals surface area contributed by atoms with Crippen LogP contribution in [0.1, 0.15) is 22.8 Å². The molecule has 0 spiro atoms. The molecule has 0 aromatic carbocycles. The standard InChI is InChI=1S/C23H24N6O2S/c1-2-29-22-18(15-26-29)17(13-19(27-22)20-4-3-11-32-20)23(30)25-14-16-5-6-24-21(12-16)28-7-9-31-10-8-28/h3-6,11-13,15H,2,7-10,14H2,1H3,(H,25,30). The van der Waals surface area contributed by atoms with Crippen molar-refractivity contribution < 1.29 is 9.53 Å². The summed E-state index contributed by atoms with van der Waals surface area (Å²) in [5, 5.41) is 10.2. The van der Waals surface area contributed by atoms with Crippen LogP contribution in [0.15, 0.2) is 48.1 Å². The molecule has 1 saturated heterocycles. The van der Waals surface area contributed by atoms with E-state index in [1.807, 2.05) is 47.3 Å². The maximum Gasteiger partial charge on any atom is 0.252 e. The molecule has 1 N–H and O–H groups in total. The molecule has 1 fully saturated rings. The van der Waals surface area contributed by atoms with Crippen molar-refractivity contribution in [1.82, 2.24) is 25.1 Å². The van der Waals surface area contributed by atoms with Crippen molar-refractivity contribution in [3.8, 4) is 10.6 Å². The summed E-state index contributed by atoms with van der Waals surface area (Å²) in [6.07, 6.45) is 3.51. The zero-order valence-electron chi connectivity index (χ0n) is 17.8. The van der Waals surface area contributed by atoms with Gasteiger partial charge in [0.15, 0.2) is 5.65 Å².